The molecule has 2 aromatic heterocycles. The second-order valence-electron chi connectivity index (χ2n) is 6.65. The lowest BCUT2D eigenvalue weighted by atomic mass is 10.0. The van der Waals surface area contributed by atoms with Crippen LogP contribution in [0.4, 0.5) is 11.5 Å². The van der Waals surface area contributed by atoms with Crippen molar-refractivity contribution in [1.29, 1.82) is 0 Å². The predicted molar refractivity (Wildman–Crippen MR) is 107 cm³/mol. The van der Waals surface area contributed by atoms with Gasteiger partial charge in [0, 0.05) is 53.2 Å². The Morgan fingerprint density at radius 1 is 1.12 bits per heavy atom. The van der Waals surface area contributed by atoms with Gasteiger partial charge in [-0.3, -0.25) is 4.98 Å². The molecular formula is C20H22ClN5. The summed E-state index contributed by atoms with van der Waals surface area (Å²) in [6.45, 7) is 4.11. The van der Waals surface area contributed by atoms with Crippen LogP contribution in [0.15, 0.2) is 42.9 Å². The van der Waals surface area contributed by atoms with Gasteiger partial charge in [0.15, 0.2) is 0 Å². The smallest absolute Gasteiger partial charge is 0.132 e. The van der Waals surface area contributed by atoms with Crippen molar-refractivity contribution >= 4 is 34.0 Å². The van der Waals surface area contributed by atoms with E-state index in [0.29, 0.717) is 11.1 Å². The number of hydrogen-bond acceptors (Lipinski definition) is 5. The fourth-order valence-electron chi connectivity index (χ4n) is 3.47. The van der Waals surface area contributed by atoms with Gasteiger partial charge in [-0.15, -0.1) is 0 Å². The zero-order chi connectivity index (χ0) is 17.9. The van der Waals surface area contributed by atoms with Crippen molar-refractivity contribution < 1.29 is 0 Å². The molecular weight excluding hydrogens is 346 g/mol. The number of piperidine rings is 1. The number of aryl methyl sites for hydroxylation is 1. The van der Waals surface area contributed by atoms with E-state index in [1.807, 2.05) is 30.5 Å². The Balaban J connectivity index is 1.44. The normalized spacial score (nSPS) is 15.4. The first-order valence-corrected chi connectivity index (χ1v) is 9.47. The first-order valence-electron chi connectivity index (χ1n) is 9.09. The minimum absolute atomic E-state index is 0.444. The summed E-state index contributed by atoms with van der Waals surface area (Å²) >= 11 is 6.08. The lowest BCUT2D eigenvalue weighted by molar-refractivity contribution is 0.523. The van der Waals surface area contributed by atoms with Gasteiger partial charge in [0.2, 0.25) is 0 Å². The average molecular weight is 368 g/mol. The van der Waals surface area contributed by atoms with Crippen molar-refractivity contribution in [1.82, 2.24) is 15.0 Å². The van der Waals surface area contributed by atoms with Gasteiger partial charge in [-0.25, -0.2) is 9.97 Å². The van der Waals surface area contributed by atoms with Crippen LogP contribution in [-0.2, 0) is 6.42 Å². The molecule has 0 amide bonds. The van der Waals surface area contributed by atoms with Crippen LogP contribution in [0.3, 0.4) is 0 Å². The lowest BCUT2D eigenvalue weighted by Gasteiger charge is -2.33. The summed E-state index contributed by atoms with van der Waals surface area (Å²) in [6.07, 6.45) is 6.59. The van der Waals surface area contributed by atoms with Crippen LogP contribution < -0.4 is 10.2 Å². The van der Waals surface area contributed by atoms with Gasteiger partial charge in [0.25, 0.3) is 0 Å². The number of aromatic nitrogens is 3. The zero-order valence-electron chi connectivity index (χ0n) is 14.8. The summed E-state index contributed by atoms with van der Waals surface area (Å²) in [6, 6.07) is 10.5. The van der Waals surface area contributed by atoms with E-state index in [9.17, 15) is 0 Å². The second kappa shape index (κ2) is 7.46. The van der Waals surface area contributed by atoms with Gasteiger partial charge in [-0.2, -0.15) is 0 Å². The third-order valence-electron chi connectivity index (χ3n) is 4.95. The highest BCUT2D eigenvalue weighted by Crippen LogP contribution is 2.27. The highest BCUT2D eigenvalue weighted by atomic mass is 35.5. The molecule has 0 radical (unpaired) electrons. The maximum Gasteiger partial charge on any atom is 0.132 e. The summed E-state index contributed by atoms with van der Waals surface area (Å²) in [4.78, 5) is 15.5. The number of fused-ring (bicyclic) bond motifs is 1. The Bertz CT molecular complexity index is 906. The standard InChI is InChI=1S/C20H22ClN5/c1-2-15-12-20(24-13-23-15)26-9-6-16(7-10-26)25-18-5-8-22-19-11-14(21)3-4-17(18)19/h3-5,8,11-13,16H,2,6-7,9-10H2,1H3,(H,22,25). The molecule has 0 atom stereocenters. The molecule has 0 aliphatic carbocycles. The highest BCUT2D eigenvalue weighted by molar-refractivity contribution is 6.31. The predicted octanol–water partition coefficient (Wildman–Crippen LogP) is 4.32. The van der Waals surface area contributed by atoms with Gasteiger partial charge < -0.3 is 10.2 Å². The number of nitrogens with one attached hydrogen (secondary N) is 1. The number of benzene rings is 1. The molecule has 3 aromatic rings. The number of pyridine rings is 1. The Kier molecular flexibility index (Phi) is 4.89. The van der Waals surface area contributed by atoms with E-state index in [4.69, 9.17) is 11.6 Å². The summed E-state index contributed by atoms with van der Waals surface area (Å²) in [5, 5.41) is 5.52. The molecule has 1 aliphatic rings. The Morgan fingerprint density at radius 2 is 1.96 bits per heavy atom. The summed E-state index contributed by atoms with van der Waals surface area (Å²) in [7, 11) is 0. The largest absolute Gasteiger partial charge is 0.382 e. The molecule has 1 aliphatic heterocycles. The third-order valence-corrected chi connectivity index (χ3v) is 5.19. The number of nitrogens with zero attached hydrogens (tertiary/aromatic N) is 4. The van der Waals surface area contributed by atoms with Gasteiger partial charge in [0.05, 0.1) is 5.52 Å². The van der Waals surface area contributed by atoms with Crippen molar-refractivity contribution in [2.24, 2.45) is 0 Å². The first kappa shape index (κ1) is 17.0. The van der Waals surface area contributed by atoms with Gasteiger partial charge in [-0.1, -0.05) is 18.5 Å². The minimum atomic E-state index is 0.444. The molecule has 6 heteroatoms. The van der Waals surface area contributed by atoms with E-state index in [2.05, 4.69) is 38.2 Å². The lowest BCUT2D eigenvalue weighted by Crippen LogP contribution is -2.39. The minimum Gasteiger partial charge on any atom is -0.382 e. The van der Waals surface area contributed by atoms with Gasteiger partial charge in [0.1, 0.15) is 12.1 Å². The van der Waals surface area contributed by atoms with E-state index in [-0.39, 0.29) is 0 Å². The summed E-state index contributed by atoms with van der Waals surface area (Å²) < 4.78 is 0. The van der Waals surface area contributed by atoms with E-state index >= 15 is 0 Å². The number of halogens is 1. The molecule has 3 heterocycles. The van der Waals surface area contributed by atoms with Crippen molar-refractivity contribution in [3.05, 3.63) is 53.6 Å². The Hall–Kier alpha value is -2.40. The molecule has 5 nitrogen and oxygen atoms in total. The van der Waals surface area contributed by atoms with E-state index < -0.39 is 0 Å². The van der Waals surface area contributed by atoms with E-state index in [1.54, 1.807) is 6.33 Å². The van der Waals surface area contributed by atoms with Crippen molar-refractivity contribution in [2.75, 3.05) is 23.3 Å². The van der Waals surface area contributed by atoms with E-state index in [0.717, 1.165) is 60.5 Å². The molecule has 0 unspecified atom stereocenters. The van der Waals surface area contributed by atoms with Crippen LogP contribution in [0.25, 0.3) is 10.9 Å². The Labute approximate surface area is 158 Å². The highest BCUT2D eigenvalue weighted by Gasteiger charge is 2.21. The topological polar surface area (TPSA) is 53.9 Å². The van der Waals surface area contributed by atoms with Crippen LogP contribution in [0.5, 0.6) is 0 Å². The molecule has 4 rings (SSSR count). The fourth-order valence-corrected chi connectivity index (χ4v) is 3.64. The van der Waals surface area contributed by atoms with Crippen LogP contribution in [0, 0.1) is 0 Å². The van der Waals surface area contributed by atoms with Gasteiger partial charge in [-0.05, 0) is 43.5 Å². The first-order chi connectivity index (χ1) is 12.7. The maximum absolute atomic E-state index is 6.08. The molecule has 26 heavy (non-hydrogen) atoms. The maximum atomic E-state index is 6.08. The van der Waals surface area contributed by atoms with Crippen LogP contribution in [0.1, 0.15) is 25.5 Å². The third kappa shape index (κ3) is 3.58. The van der Waals surface area contributed by atoms with Crippen molar-refractivity contribution in [3.8, 4) is 0 Å². The van der Waals surface area contributed by atoms with Gasteiger partial charge >= 0.3 is 0 Å². The van der Waals surface area contributed by atoms with Crippen molar-refractivity contribution in [3.63, 3.8) is 0 Å². The number of rotatable bonds is 4. The SMILES string of the molecule is CCc1cc(N2CCC(Nc3ccnc4cc(Cl)ccc34)CC2)ncn1. The molecule has 1 saturated heterocycles. The number of hydrogen-bond donors (Lipinski definition) is 1. The van der Waals surface area contributed by atoms with Crippen LogP contribution in [0.2, 0.25) is 5.02 Å². The molecule has 0 bridgehead atoms. The number of anilines is 2. The summed E-state index contributed by atoms with van der Waals surface area (Å²) in [5.74, 6) is 1.04. The van der Waals surface area contributed by atoms with Crippen LogP contribution in [-0.4, -0.2) is 34.1 Å². The molecule has 0 spiro atoms. The average Bonchev–Trinajstić information content (AvgIpc) is 2.68. The molecule has 1 aromatic carbocycles. The monoisotopic (exact) mass is 367 g/mol. The molecule has 0 saturated carbocycles. The Morgan fingerprint density at radius 3 is 2.77 bits per heavy atom. The van der Waals surface area contributed by atoms with Crippen LogP contribution >= 0.6 is 11.6 Å². The summed E-state index contributed by atoms with van der Waals surface area (Å²) in [5.41, 5.74) is 3.14. The quantitative estimate of drug-likeness (QED) is 0.744. The fraction of sp³-hybridized carbons (Fsp3) is 0.350. The molecule has 1 N–H and O–H groups in total. The van der Waals surface area contributed by atoms with Crippen molar-refractivity contribution in [2.45, 2.75) is 32.2 Å². The molecule has 134 valence electrons. The van der Waals surface area contributed by atoms with E-state index in [1.165, 1.54) is 0 Å². The second-order valence-corrected chi connectivity index (χ2v) is 7.08. The zero-order valence-corrected chi connectivity index (χ0v) is 15.6. The molecule has 1 fully saturated rings.